The lowest BCUT2D eigenvalue weighted by Crippen LogP contribution is -2.50. The number of aryl methyl sites for hydroxylation is 2. The van der Waals surface area contributed by atoms with Crippen molar-refractivity contribution >= 4 is 11.6 Å². The van der Waals surface area contributed by atoms with Crippen LogP contribution in [-0.2, 0) is 6.42 Å². The Hall–Kier alpha value is -3.88. The van der Waals surface area contributed by atoms with Crippen molar-refractivity contribution in [2.45, 2.75) is 33.1 Å². The molecule has 1 aliphatic rings. The SMILES string of the molecule is CCCCc1ccc(-c2cc(=O)n3nc(-c4nccnc4C)c(C(=O)N4CC(CF)C4)c3[nH]2)cc1. The number of aromatic nitrogens is 5. The van der Waals surface area contributed by atoms with E-state index in [0.717, 1.165) is 24.8 Å². The summed E-state index contributed by atoms with van der Waals surface area (Å²) in [6.07, 6.45) is 6.33. The number of aromatic amines is 1. The molecule has 1 N–H and O–H groups in total. The quantitative estimate of drug-likeness (QED) is 0.439. The van der Waals surface area contributed by atoms with Gasteiger partial charge in [-0.15, -0.1) is 0 Å². The molecule has 4 aromatic rings. The first-order valence-corrected chi connectivity index (χ1v) is 11.9. The largest absolute Gasteiger partial charge is 0.339 e. The maximum absolute atomic E-state index is 13.6. The number of nitrogens with zero attached hydrogens (tertiary/aromatic N) is 5. The van der Waals surface area contributed by atoms with Crippen molar-refractivity contribution in [3.63, 3.8) is 0 Å². The van der Waals surface area contributed by atoms with E-state index in [9.17, 15) is 14.0 Å². The van der Waals surface area contributed by atoms with Crippen LogP contribution in [0.3, 0.4) is 0 Å². The Morgan fingerprint density at radius 1 is 1.14 bits per heavy atom. The lowest BCUT2D eigenvalue weighted by molar-refractivity contribution is 0.0455. The number of alkyl halides is 1. The van der Waals surface area contributed by atoms with Gasteiger partial charge < -0.3 is 9.88 Å². The van der Waals surface area contributed by atoms with E-state index in [1.807, 2.05) is 12.1 Å². The highest BCUT2D eigenvalue weighted by molar-refractivity contribution is 6.05. The average molecular weight is 475 g/mol. The third kappa shape index (κ3) is 4.22. The summed E-state index contributed by atoms with van der Waals surface area (Å²) in [5, 5.41) is 4.48. The van der Waals surface area contributed by atoms with Gasteiger partial charge in [-0.05, 0) is 30.9 Å². The van der Waals surface area contributed by atoms with E-state index in [0.29, 0.717) is 30.2 Å². The molecule has 1 aliphatic heterocycles. The first-order chi connectivity index (χ1) is 17.0. The summed E-state index contributed by atoms with van der Waals surface area (Å²) in [5.41, 5.74) is 4.12. The van der Waals surface area contributed by atoms with Crippen molar-refractivity contribution in [3.8, 4) is 22.6 Å². The van der Waals surface area contributed by atoms with Crippen LogP contribution in [0.5, 0.6) is 0 Å². The predicted octanol–water partition coefficient (Wildman–Crippen LogP) is 3.84. The van der Waals surface area contributed by atoms with Crippen molar-refractivity contribution in [3.05, 3.63) is 69.9 Å². The lowest BCUT2D eigenvalue weighted by Gasteiger charge is -2.37. The zero-order chi connectivity index (χ0) is 24.5. The van der Waals surface area contributed by atoms with E-state index in [1.54, 1.807) is 18.0 Å². The van der Waals surface area contributed by atoms with Crippen LogP contribution < -0.4 is 5.56 Å². The molecule has 35 heavy (non-hydrogen) atoms. The molecule has 0 spiro atoms. The second-order valence-electron chi connectivity index (χ2n) is 9.03. The monoisotopic (exact) mass is 474 g/mol. The summed E-state index contributed by atoms with van der Waals surface area (Å²) in [7, 11) is 0. The molecule has 5 rings (SSSR count). The minimum absolute atomic E-state index is 0.164. The smallest absolute Gasteiger partial charge is 0.274 e. The van der Waals surface area contributed by atoms with Crippen molar-refractivity contribution in [1.82, 2.24) is 29.5 Å². The van der Waals surface area contributed by atoms with Gasteiger partial charge in [0.1, 0.15) is 17.0 Å². The minimum atomic E-state index is -0.468. The molecule has 9 heteroatoms. The number of carbonyl (C=O) groups excluding carboxylic acids is 1. The maximum atomic E-state index is 13.6. The predicted molar refractivity (Wildman–Crippen MR) is 131 cm³/mol. The molecule has 0 radical (unpaired) electrons. The zero-order valence-electron chi connectivity index (χ0n) is 19.8. The summed E-state index contributed by atoms with van der Waals surface area (Å²) in [6, 6.07) is 9.54. The average Bonchev–Trinajstić information content (AvgIpc) is 3.22. The first kappa shape index (κ1) is 22.9. The number of rotatable bonds is 7. The topological polar surface area (TPSA) is 96.2 Å². The molecule has 0 bridgehead atoms. The van der Waals surface area contributed by atoms with Gasteiger partial charge in [0.2, 0.25) is 0 Å². The number of amides is 1. The van der Waals surface area contributed by atoms with Crippen LogP contribution in [0.1, 0.15) is 41.4 Å². The van der Waals surface area contributed by atoms with Crippen LogP contribution in [0.2, 0.25) is 0 Å². The van der Waals surface area contributed by atoms with Crippen LogP contribution in [0.15, 0.2) is 47.5 Å². The van der Waals surface area contributed by atoms with E-state index in [2.05, 4.69) is 39.1 Å². The number of fused-ring (bicyclic) bond motifs is 1. The summed E-state index contributed by atoms with van der Waals surface area (Å²) in [4.78, 5) is 40.2. The Balaban J connectivity index is 1.64. The number of nitrogens with one attached hydrogen (secondary N) is 1. The van der Waals surface area contributed by atoms with Gasteiger partial charge in [-0.25, -0.2) is 0 Å². The highest BCUT2D eigenvalue weighted by Crippen LogP contribution is 2.30. The van der Waals surface area contributed by atoms with Crippen molar-refractivity contribution < 1.29 is 9.18 Å². The molecule has 180 valence electrons. The molecule has 1 fully saturated rings. The van der Waals surface area contributed by atoms with Gasteiger partial charge in [0.05, 0.1) is 18.1 Å². The van der Waals surface area contributed by atoms with Crippen LogP contribution in [0, 0.1) is 12.8 Å². The van der Waals surface area contributed by atoms with E-state index < -0.39 is 6.67 Å². The molecular formula is C26H27FN6O2. The van der Waals surface area contributed by atoms with E-state index in [-0.39, 0.29) is 34.3 Å². The van der Waals surface area contributed by atoms with Crippen LogP contribution in [-0.4, -0.2) is 55.1 Å². The van der Waals surface area contributed by atoms with Crippen molar-refractivity contribution in [2.75, 3.05) is 19.8 Å². The Morgan fingerprint density at radius 3 is 2.57 bits per heavy atom. The molecule has 0 saturated carbocycles. The fourth-order valence-corrected chi connectivity index (χ4v) is 4.43. The normalized spacial score (nSPS) is 13.9. The summed E-state index contributed by atoms with van der Waals surface area (Å²) >= 11 is 0. The van der Waals surface area contributed by atoms with Crippen molar-refractivity contribution in [2.24, 2.45) is 5.92 Å². The van der Waals surface area contributed by atoms with E-state index >= 15 is 0 Å². The number of halogens is 1. The molecule has 1 amide bonds. The van der Waals surface area contributed by atoms with Gasteiger partial charge in [0.25, 0.3) is 11.5 Å². The molecule has 4 heterocycles. The second kappa shape index (κ2) is 9.40. The van der Waals surface area contributed by atoms with Gasteiger partial charge in [0.15, 0.2) is 5.65 Å². The molecule has 3 aromatic heterocycles. The van der Waals surface area contributed by atoms with E-state index in [1.165, 1.54) is 22.3 Å². The second-order valence-corrected chi connectivity index (χ2v) is 9.03. The third-order valence-corrected chi connectivity index (χ3v) is 6.48. The fraction of sp³-hybridized carbons (Fsp3) is 0.346. The third-order valence-electron chi connectivity index (χ3n) is 6.48. The fourth-order valence-electron chi connectivity index (χ4n) is 4.43. The Kier molecular flexibility index (Phi) is 6.15. The van der Waals surface area contributed by atoms with Gasteiger partial charge in [-0.2, -0.15) is 9.61 Å². The van der Waals surface area contributed by atoms with Crippen LogP contribution in [0.25, 0.3) is 28.3 Å². The number of hydrogen-bond donors (Lipinski definition) is 1. The van der Waals surface area contributed by atoms with E-state index in [4.69, 9.17) is 0 Å². The Labute approximate surface area is 201 Å². The summed E-state index contributed by atoms with van der Waals surface area (Å²) in [5.74, 6) is -0.476. The highest BCUT2D eigenvalue weighted by atomic mass is 19.1. The standard InChI is InChI=1S/C26H27FN6O2/c1-3-4-5-17-6-8-19(9-7-17)20-12-21(34)33-25(30-20)22(26(35)32-14-18(13-27)15-32)24(31-33)23-16(2)28-10-11-29-23/h6-12,18,30H,3-5,13-15H2,1-2H3. The van der Waals surface area contributed by atoms with Gasteiger partial charge in [-0.1, -0.05) is 37.6 Å². The summed E-state index contributed by atoms with van der Waals surface area (Å²) in [6.45, 7) is 4.12. The lowest BCUT2D eigenvalue weighted by atomic mass is 10.00. The molecule has 0 aliphatic carbocycles. The van der Waals surface area contributed by atoms with Gasteiger partial charge in [-0.3, -0.25) is 23.9 Å². The number of hydrogen-bond acceptors (Lipinski definition) is 5. The number of likely N-dealkylation sites (tertiary alicyclic amines) is 1. The molecule has 8 nitrogen and oxygen atoms in total. The first-order valence-electron chi connectivity index (χ1n) is 11.9. The van der Waals surface area contributed by atoms with Gasteiger partial charge >= 0.3 is 0 Å². The van der Waals surface area contributed by atoms with Crippen LogP contribution in [0.4, 0.5) is 4.39 Å². The summed E-state index contributed by atoms with van der Waals surface area (Å²) < 4.78 is 14.2. The molecule has 1 aromatic carbocycles. The maximum Gasteiger partial charge on any atom is 0.274 e. The minimum Gasteiger partial charge on any atom is -0.339 e. The molecule has 0 unspecified atom stereocenters. The Bertz CT molecular complexity index is 1440. The highest BCUT2D eigenvalue weighted by Gasteiger charge is 2.35. The number of benzene rings is 1. The van der Waals surface area contributed by atoms with Gasteiger partial charge in [0, 0.05) is 37.5 Å². The molecular weight excluding hydrogens is 447 g/mol. The molecule has 0 atom stereocenters. The van der Waals surface area contributed by atoms with Crippen molar-refractivity contribution in [1.29, 1.82) is 0 Å². The number of H-pyrrole nitrogens is 1. The van der Waals surface area contributed by atoms with Crippen LogP contribution >= 0.6 is 0 Å². The number of unbranched alkanes of at least 4 members (excludes halogenated alkanes) is 1. The number of carbonyl (C=O) groups is 1. The zero-order valence-corrected chi connectivity index (χ0v) is 19.8. The Morgan fingerprint density at radius 2 is 1.89 bits per heavy atom. The molecule has 1 saturated heterocycles.